The second-order valence-electron chi connectivity index (χ2n) is 4.60. The zero-order valence-corrected chi connectivity index (χ0v) is 9.93. The smallest absolute Gasteiger partial charge is 0.299 e. The minimum absolute atomic E-state index is 0.0432. The van der Waals surface area contributed by atoms with Crippen molar-refractivity contribution in [1.82, 2.24) is 4.90 Å². The average Bonchev–Trinajstić information content (AvgIpc) is 2.32. The van der Waals surface area contributed by atoms with Gasteiger partial charge in [0.05, 0.1) is 5.56 Å². The largest absolute Gasteiger partial charge is 0.416 e. The fraction of sp³-hybridized carbons (Fsp3) is 0.538. The van der Waals surface area contributed by atoms with Gasteiger partial charge in [0.1, 0.15) is 5.82 Å². The zero-order valence-electron chi connectivity index (χ0n) is 9.93. The van der Waals surface area contributed by atoms with Crippen LogP contribution >= 0.6 is 0 Å². The molecular formula is C13H15F4N. The fourth-order valence-corrected chi connectivity index (χ4v) is 2.33. The van der Waals surface area contributed by atoms with E-state index in [9.17, 15) is 17.6 Å². The Balaban J connectivity index is 2.25. The summed E-state index contributed by atoms with van der Waals surface area (Å²) in [6, 6.07) is 3.15. The van der Waals surface area contributed by atoms with E-state index in [1.807, 2.05) is 4.90 Å². The van der Waals surface area contributed by atoms with Gasteiger partial charge in [0, 0.05) is 12.1 Å². The lowest BCUT2D eigenvalue weighted by Gasteiger charge is -2.27. The van der Waals surface area contributed by atoms with Gasteiger partial charge in [-0.05, 0) is 38.1 Å². The number of piperidine rings is 1. The Labute approximate surface area is 103 Å². The van der Waals surface area contributed by atoms with Gasteiger partial charge in [-0.2, -0.15) is 13.2 Å². The van der Waals surface area contributed by atoms with E-state index in [2.05, 4.69) is 0 Å². The van der Waals surface area contributed by atoms with Crippen LogP contribution in [0.4, 0.5) is 17.6 Å². The Hall–Kier alpha value is -1.10. The van der Waals surface area contributed by atoms with Crippen LogP contribution in [0.25, 0.3) is 0 Å². The first kappa shape index (κ1) is 13.3. The number of alkyl halides is 3. The van der Waals surface area contributed by atoms with E-state index in [1.54, 1.807) is 0 Å². The van der Waals surface area contributed by atoms with E-state index < -0.39 is 17.6 Å². The summed E-state index contributed by atoms with van der Waals surface area (Å²) in [4.78, 5) is 1.89. The molecule has 0 bridgehead atoms. The van der Waals surface area contributed by atoms with Crippen molar-refractivity contribution in [3.63, 3.8) is 0 Å². The summed E-state index contributed by atoms with van der Waals surface area (Å²) in [6.45, 7) is 1.53. The van der Waals surface area contributed by atoms with Crippen LogP contribution in [0, 0.1) is 5.82 Å². The summed E-state index contributed by atoms with van der Waals surface area (Å²) in [5.74, 6) is -0.768. The second-order valence-corrected chi connectivity index (χ2v) is 4.60. The lowest BCUT2D eigenvalue weighted by atomic mass is 10.0. The molecule has 2 rings (SSSR count). The predicted molar refractivity (Wildman–Crippen MR) is 60.5 cm³/mol. The highest BCUT2D eigenvalue weighted by atomic mass is 19.4. The third-order valence-electron chi connectivity index (χ3n) is 3.25. The van der Waals surface area contributed by atoms with Crippen molar-refractivity contribution in [3.8, 4) is 0 Å². The predicted octanol–water partition coefficient (Wildman–Crippen LogP) is 3.83. The van der Waals surface area contributed by atoms with Crippen molar-refractivity contribution < 1.29 is 17.6 Å². The van der Waals surface area contributed by atoms with Gasteiger partial charge in [-0.3, -0.25) is 4.90 Å². The molecule has 1 aliphatic rings. The van der Waals surface area contributed by atoms with Crippen molar-refractivity contribution in [2.45, 2.75) is 32.0 Å². The van der Waals surface area contributed by atoms with Crippen LogP contribution in [0.5, 0.6) is 0 Å². The highest BCUT2D eigenvalue weighted by Crippen LogP contribution is 2.33. The lowest BCUT2D eigenvalue weighted by molar-refractivity contribution is -0.138. The van der Waals surface area contributed by atoms with Crippen LogP contribution in [0.3, 0.4) is 0 Å². The molecule has 1 nitrogen and oxygen atoms in total. The number of hydrogen-bond acceptors (Lipinski definition) is 1. The molecule has 0 aliphatic carbocycles. The molecule has 0 saturated carbocycles. The molecule has 0 spiro atoms. The van der Waals surface area contributed by atoms with E-state index >= 15 is 0 Å². The number of halogens is 4. The molecule has 0 radical (unpaired) electrons. The Morgan fingerprint density at radius 2 is 1.72 bits per heavy atom. The van der Waals surface area contributed by atoms with E-state index in [-0.39, 0.29) is 12.1 Å². The van der Waals surface area contributed by atoms with Crippen molar-refractivity contribution in [3.05, 3.63) is 35.1 Å². The molecule has 5 heteroatoms. The van der Waals surface area contributed by atoms with Gasteiger partial charge < -0.3 is 0 Å². The first-order valence-electron chi connectivity index (χ1n) is 6.05. The molecule has 1 aliphatic heterocycles. The highest BCUT2D eigenvalue weighted by molar-refractivity contribution is 5.31. The third-order valence-corrected chi connectivity index (χ3v) is 3.25. The summed E-state index contributed by atoms with van der Waals surface area (Å²) < 4.78 is 52.0. The maximum atomic E-state index is 13.6. The molecule has 100 valence electrons. The van der Waals surface area contributed by atoms with Gasteiger partial charge >= 0.3 is 6.18 Å². The Morgan fingerprint density at radius 1 is 1.06 bits per heavy atom. The number of likely N-dealkylation sites (tertiary alicyclic amines) is 1. The molecule has 0 N–H and O–H groups in total. The number of rotatable bonds is 2. The molecule has 1 heterocycles. The van der Waals surface area contributed by atoms with Crippen LogP contribution in [0.2, 0.25) is 0 Å². The zero-order chi connectivity index (χ0) is 13.2. The molecule has 1 aromatic carbocycles. The van der Waals surface area contributed by atoms with Crippen molar-refractivity contribution in [2.75, 3.05) is 13.1 Å². The molecule has 0 amide bonds. The second kappa shape index (κ2) is 5.26. The third kappa shape index (κ3) is 3.02. The van der Waals surface area contributed by atoms with Crippen LogP contribution in [0.15, 0.2) is 18.2 Å². The summed E-state index contributed by atoms with van der Waals surface area (Å²) in [5.41, 5.74) is -1.08. The fourth-order valence-electron chi connectivity index (χ4n) is 2.33. The van der Waals surface area contributed by atoms with Crippen LogP contribution in [-0.4, -0.2) is 18.0 Å². The molecule has 1 saturated heterocycles. The Morgan fingerprint density at radius 3 is 2.33 bits per heavy atom. The SMILES string of the molecule is Fc1cccc(C(F)(F)F)c1CN1CCCCC1. The molecule has 0 atom stereocenters. The topological polar surface area (TPSA) is 3.24 Å². The van der Waals surface area contributed by atoms with E-state index in [1.165, 1.54) is 0 Å². The van der Waals surface area contributed by atoms with Gasteiger partial charge in [0.2, 0.25) is 0 Å². The number of benzene rings is 1. The summed E-state index contributed by atoms with van der Waals surface area (Å²) in [6.07, 6.45) is -1.46. The van der Waals surface area contributed by atoms with Gasteiger partial charge in [0.25, 0.3) is 0 Å². The summed E-state index contributed by atoms with van der Waals surface area (Å²) in [7, 11) is 0. The summed E-state index contributed by atoms with van der Waals surface area (Å²) >= 11 is 0. The first-order valence-corrected chi connectivity index (χ1v) is 6.05. The molecule has 1 aromatic rings. The van der Waals surface area contributed by atoms with Crippen LogP contribution in [-0.2, 0) is 12.7 Å². The quantitative estimate of drug-likeness (QED) is 0.731. The average molecular weight is 261 g/mol. The first-order chi connectivity index (χ1) is 8.48. The van der Waals surface area contributed by atoms with E-state index in [0.29, 0.717) is 0 Å². The molecule has 18 heavy (non-hydrogen) atoms. The van der Waals surface area contributed by atoms with Crippen LogP contribution in [0.1, 0.15) is 30.4 Å². The maximum absolute atomic E-state index is 13.6. The maximum Gasteiger partial charge on any atom is 0.416 e. The van der Waals surface area contributed by atoms with Gasteiger partial charge in [-0.25, -0.2) is 4.39 Å². The normalized spacial score (nSPS) is 18.0. The number of nitrogens with zero attached hydrogens (tertiary/aromatic N) is 1. The van der Waals surface area contributed by atoms with Crippen molar-refractivity contribution in [2.24, 2.45) is 0 Å². The monoisotopic (exact) mass is 261 g/mol. The minimum atomic E-state index is -4.49. The van der Waals surface area contributed by atoms with Crippen molar-refractivity contribution >= 4 is 0 Å². The van der Waals surface area contributed by atoms with E-state index in [0.717, 1.165) is 50.6 Å². The highest BCUT2D eigenvalue weighted by Gasteiger charge is 2.34. The van der Waals surface area contributed by atoms with Gasteiger partial charge in [-0.1, -0.05) is 12.5 Å². The van der Waals surface area contributed by atoms with Crippen LogP contribution < -0.4 is 0 Å². The molecule has 1 fully saturated rings. The minimum Gasteiger partial charge on any atom is -0.299 e. The molecule has 0 aromatic heterocycles. The number of hydrogen-bond donors (Lipinski definition) is 0. The van der Waals surface area contributed by atoms with E-state index in [4.69, 9.17) is 0 Å². The molecular weight excluding hydrogens is 246 g/mol. The Kier molecular flexibility index (Phi) is 3.90. The summed E-state index contributed by atoms with van der Waals surface area (Å²) in [5, 5.41) is 0. The standard InChI is InChI=1S/C13H15F4N/c14-12-6-4-5-11(13(15,16)17)10(12)9-18-7-2-1-3-8-18/h4-6H,1-3,7-9H2. The van der Waals surface area contributed by atoms with Gasteiger partial charge in [0.15, 0.2) is 0 Å². The molecule has 0 unspecified atom stereocenters. The van der Waals surface area contributed by atoms with Gasteiger partial charge in [-0.15, -0.1) is 0 Å². The Bertz CT molecular complexity index is 408. The lowest BCUT2D eigenvalue weighted by Crippen LogP contribution is -2.30. The van der Waals surface area contributed by atoms with Crippen molar-refractivity contribution in [1.29, 1.82) is 0 Å².